The third-order valence-corrected chi connectivity index (χ3v) is 9.18. The van der Waals surface area contributed by atoms with Gasteiger partial charge in [0.25, 0.3) is 10.2 Å². The highest BCUT2D eigenvalue weighted by Gasteiger charge is 2.68. The topological polar surface area (TPSA) is 60.9 Å². The number of carbonyl (C=O) groups is 1. The van der Waals surface area contributed by atoms with Crippen molar-refractivity contribution in [2.24, 2.45) is 5.41 Å². The van der Waals surface area contributed by atoms with Crippen molar-refractivity contribution in [3.8, 4) is 0 Å². The Morgan fingerprint density at radius 3 is 2.08 bits per heavy atom. The van der Waals surface area contributed by atoms with Gasteiger partial charge in [-0.05, 0) is 26.2 Å². The first kappa shape index (κ1) is 19.7. The van der Waals surface area contributed by atoms with Crippen molar-refractivity contribution < 1.29 is 13.2 Å². The maximum Gasteiger partial charge on any atom is 0.282 e. The van der Waals surface area contributed by atoms with Crippen LogP contribution in [0.3, 0.4) is 0 Å². The van der Waals surface area contributed by atoms with Crippen molar-refractivity contribution in [2.75, 3.05) is 33.2 Å². The van der Waals surface area contributed by atoms with Crippen molar-refractivity contribution in [1.82, 2.24) is 13.5 Å². The van der Waals surface area contributed by atoms with E-state index in [0.29, 0.717) is 32.6 Å². The van der Waals surface area contributed by atoms with E-state index >= 15 is 0 Å². The minimum atomic E-state index is -3.48. The van der Waals surface area contributed by atoms with Crippen LogP contribution in [0.15, 0.2) is 0 Å². The predicted molar refractivity (Wildman–Crippen MR) is 98.9 cm³/mol. The molecular formula is C16H27Cl2N3O3S. The van der Waals surface area contributed by atoms with Gasteiger partial charge in [-0.25, -0.2) is 0 Å². The number of halogens is 2. The summed E-state index contributed by atoms with van der Waals surface area (Å²) in [4.78, 5) is 14.3. The largest absolute Gasteiger partial charge is 0.339 e. The van der Waals surface area contributed by atoms with Gasteiger partial charge < -0.3 is 4.90 Å². The lowest BCUT2D eigenvalue weighted by atomic mass is 9.96. The maximum absolute atomic E-state index is 12.9. The molecule has 9 heteroatoms. The first-order valence-electron chi connectivity index (χ1n) is 9.00. The SMILES string of the molecule is CN(C1CCCCC1)S(=O)(=O)N1CCN(C(=O)C2(C)CC2(Cl)Cl)CC1. The molecule has 1 atom stereocenters. The molecule has 0 aromatic rings. The van der Waals surface area contributed by atoms with Crippen molar-refractivity contribution in [1.29, 1.82) is 0 Å². The number of nitrogens with zero attached hydrogens (tertiary/aromatic N) is 3. The summed E-state index contributed by atoms with van der Waals surface area (Å²) in [7, 11) is -1.79. The van der Waals surface area contributed by atoms with E-state index < -0.39 is 20.0 Å². The van der Waals surface area contributed by atoms with Gasteiger partial charge in [0, 0.05) is 39.3 Å². The predicted octanol–water partition coefficient (Wildman–Crippen LogP) is 2.22. The van der Waals surface area contributed by atoms with Crippen LogP contribution in [0.4, 0.5) is 0 Å². The lowest BCUT2D eigenvalue weighted by Crippen LogP contribution is -2.56. The number of rotatable bonds is 4. The van der Waals surface area contributed by atoms with E-state index in [9.17, 15) is 13.2 Å². The highest BCUT2D eigenvalue weighted by Crippen LogP contribution is 2.64. The van der Waals surface area contributed by atoms with Gasteiger partial charge in [0.05, 0.1) is 5.41 Å². The molecule has 1 amide bonds. The van der Waals surface area contributed by atoms with E-state index in [1.165, 1.54) is 15.0 Å². The number of hydrogen-bond donors (Lipinski definition) is 0. The number of hydrogen-bond acceptors (Lipinski definition) is 3. The molecule has 25 heavy (non-hydrogen) atoms. The molecule has 0 N–H and O–H groups in total. The Labute approximate surface area is 160 Å². The molecule has 1 saturated heterocycles. The Morgan fingerprint density at radius 1 is 1.08 bits per heavy atom. The van der Waals surface area contributed by atoms with Crippen LogP contribution in [-0.4, -0.2) is 71.4 Å². The van der Waals surface area contributed by atoms with Gasteiger partial charge in [0.2, 0.25) is 5.91 Å². The summed E-state index contributed by atoms with van der Waals surface area (Å²) >= 11 is 12.2. The van der Waals surface area contributed by atoms with Crippen molar-refractivity contribution in [2.45, 2.75) is 55.8 Å². The highest BCUT2D eigenvalue weighted by atomic mass is 35.5. The van der Waals surface area contributed by atoms with Crippen LogP contribution >= 0.6 is 23.2 Å². The van der Waals surface area contributed by atoms with Crippen LogP contribution in [0.5, 0.6) is 0 Å². The molecular weight excluding hydrogens is 385 g/mol. The molecule has 6 nitrogen and oxygen atoms in total. The fourth-order valence-corrected chi connectivity index (χ4v) is 6.19. The zero-order chi connectivity index (χ0) is 18.5. The zero-order valence-electron chi connectivity index (χ0n) is 14.9. The molecule has 0 bridgehead atoms. The molecule has 3 rings (SSSR count). The quantitative estimate of drug-likeness (QED) is 0.666. The van der Waals surface area contributed by atoms with Crippen molar-refractivity contribution >= 4 is 39.3 Å². The summed E-state index contributed by atoms with van der Waals surface area (Å²) in [6, 6.07) is 0.0944. The molecule has 144 valence electrons. The fourth-order valence-electron chi connectivity index (χ4n) is 3.92. The lowest BCUT2D eigenvalue weighted by Gasteiger charge is -2.39. The van der Waals surface area contributed by atoms with Gasteiger partial charge in [-0.1, -0.05) is 19.3 Å². The standard InChI is InChI=1S/C16H27Cl2N3O3S/c1-15(12-16(15,17)18)14(22)20-8-10-21(11-9-20)25(23,24)19(2)13-6-4-3-5-7-13/h13H,3-12H2,1-2H3. The van der Waals surface area contributed by atoms with E-state index in [4.69, 9.17) is 23.2 Å². The molecule has 0 aromatic heterocycles. The normalized spacial score (nSPS) is 31.3. The van der Waals surface area contributed by atoms with Crippen LogP contribution in [0, 0.1) is 5.41 Å². The second kappa shape index (κ2) is 6.82. The van der Waals surface area contributed by atoms with Gasteiger partial charge in [0.15, 0.2) is 0 Å². The summed E-state index contributed by atoms with van der Waals surface area (Å²) < 4.78 is 27.8. The monoisotopic (exact) mass is 411 g/mol. The molecule has 2 saturated carbocycles. The minimum absolute atomic E-state index is 0.0739. The Balaban J connectivity index is 1.59. The first-order chi connectivity index (χ1) is 11.6. The number of alkyl halides is 2. The molecule has 1 aliphatic heterocycles. The molecule has 3 fully saturated rings. The second-order valence-corrected chi connectivity index (χ2v) is 11.2. The number of carbonyl (C=O) groups excluding carboxylic acids is 1. The fraction of sp³-hybridized carbons (Fsp3) is 0.938. The van der Waals surface area contributed by atoms with Gasteiger partial charge >= 0.3 is 0 Å². The van der Waals surface area contributed by atoms with E-state index in [1.54, 1.807) is 18.9 Å². The van der Waals surface area contributed by atoms with Gasteiger partial charge in [-0.3, -0.25) is 4.79 Å². The average Bonchev–Trinajstić information content (AvgIpc) is 3.13. The highest BCUT2D eigenvalue weighted by molar-refractivity contribution is 7.86. The lowest BCUT2D eigenvalue weighted by molar-refractivity contribution is -0.137. The van der Waals surface area contributed by atoms with E-state index in [2.05, 4.69) is 0 Å². The van der Waals surface area contributed by atoms with Gasteiger partial charge in [-0.15, -0.1) is 23.2 Å². The molecule has 0 spiro atoms. The molecule has 1 unspecified atom stereocenters. The second-order valence-electron chi connectivity index (χ2n) is 7.72. The summed E-state index contributed by atoms with van der Waals surface area (Å²) in [5, 5.41) is 0. The van der Waals surface area contributed by atoms with E-state index in [0.717, 1.165) is 25.7 Å². The van der Waals surface area contributed by atoms with Gasteiger partial charge in [-0.2, -0.15) is 17.0 Å². The summed E-state index contributed by atoms with van der Waals surface area (Å²) in [6.07, 6.45) is 5.67. The van der Waals surface area contributed by atoms with Crippen LogP contribution < -0.4 is 0 Å². The smallest absolute Gasteiger partial charge is 0.282 e. The van der Waals surface area contributed by atoms with Gasteiger partial charge in [0.1, 0.15) is 4.33 Å². The van der Waals surface area contributed by atoms with Crippen LogP contribution in [0.1, 0.15) is 45.4 Å². The maximum atomic E-state index is 12.9. The molecule has 3 aliphatic rings. The Hall–Kier alpha value is -0.0800. The average molecular weight is 412 g/mol. The number of amides is 1. The third-order valence-electron chi connectivity index (χ3n) is 6.03. The van der Waals surface area contributed by atoms with Crippen molar-refractivity contribution in [3.63, 3.8) is 0 Å². The van der Waals surface area contributed by atoms with Crippen LogP contribution in [-0.2, 0) is 15.0 Å². The Morgan fingerprint density at radius 2 is 1.60 bits per heavy atom. The first-order valence-corrected chi connectivity index (χ1v) is 11.2. The summed E-state index contributed by atoms with van der Waals surface area (Å²) in [5.41, 5.74) is -0.740. The summed E-state index contributed by atoms with van der Waals surface area (Å²) in [6.45, 7) is 3.18. The van der Waals surface area contributed by atoms with E-state index in [-0.39, 0.29) is 11.9 Å². The van der Waals surface area contributed by atoms with E-state index in [1.807, 2.05) is 0 Å². The molecule has 0 radical (unpaired) electrons. The Kier molecular flexibility index (Phi) is 5.37. The van der Waals surface area contributed by atoms with Crippen LogP contribution in [0.2, 0.25) is 0 Å². The molecule has 1 heterocycles. The van der Waals surface area contributed by atoms with Crippen molar-refractivity contribution in [3.05, 3.63) is 0 Å². The summed E-state index contributed by atoms with van der Waals surface area (Å²) in [5.74, 6) is -0.0739. The Bertz CT molecular complexity index is 629. The zero-order valence-corrected chi connectivity index (χ0v) is 17.2. The molecule has 2 aliphatic carbocycles. The molecule has 0 aromatic carbocycles. The van der Waals surface area contributed by atoms with Crippen LogP contribution in [0.25, 0.3) is 0 Å². The third kappa shape index (κ3) is 3.55. The number of piperazine rings is 1. The minimum Gasteiger partial charge on any atom is -0.339 e.